The van der Waals surface area contributed by atoms with E-state index in [0.29, 0.717) is 35.0 Å². The summed E-state index contributed by atoms with van der Waals surface area (Å²) in [5, 5.41) is 22.3. The van der Waals surface area contributed by atoms with Crippen LogP contribution in [0, 0.1) is 46.3 Å². The van der Waals surface area contributed by atoms with Crippen molar-refractivity contribution < 1.29 is 24.6 Å². The Morgan fingerprint density at radius 3 is 2.31 bits per heavy atom. The van der Waals surface area contributed by atoms with E-state index in [4.69, 9.17) is 0 Å². The number of hydrogen-bond donors (Lipinski definition) is 3. The first kappa shape index (κ1) is 27.6. The lowest BCUT2D eigenvalue weighted by atomic mass is 9.44. The fourth-order valence-corrected chi connectivity index (χ4v) is 9.64. The Bertz CT molecular complexity index is 843. The van der Waals surface area contributed by atoms with Gasteiger partial charge in [0.25, 0.3) is 0 Å². The number of carboxylic acids is 1. The minimum absolute atomic E-state index is 0.0635. The molecule has 0 aromatic rings. The van der Waals surface area contributed by atoms with E-state index in [-0.39, 0.29) is 30.6 Å². The molecule has 204 valence electrons. The first-order valence-corrected chi connectivity index (χ1v) is 14.7. The highest BCUT2D eigenvalue weighted by Crippen LogP contribution is 2.68. The Labute approximate surface area is 217 Å². The first-order valence-electron chi connectivity index (χ1n) is 14.7. The van der Waals surface area contributed by atoms with Gasteiger partial charge in [0.1, 0.15) is 11.8 Å². The lowest BCUT2D eigenvalue weighted by Gasteiger charge is -2.61. The summed E-state index contributed by atoms with van der Waals surface area (Å²) in [5.74, 6) is 2.75. The number of amides is 1. The van der Waals surface area contributed by atoms with Crippen molar-refractivity contribution in [2.75, 3.05) is 0 Å². The number of Topliss-reactive ketones (excluding diaryl/α,β-unsaturated/α-hetero) is 1. The monoisotopic (exact) mass is 503 g/mol. The fourth-order valence-electron chi connectivity index (χ4n) is 9.64. The number of carbonyl (C=O) groups excluding carboxylic acids is 2. The lowest BCUT2D eigenvalue weighted by Crippen LogP contribution is -2.54. The summed E-state index contributed by atoms with van der Waals surface area (Å²) >= 11 is 0. The van der Waals surface area contributed by atoms with Crippen LogP contribution in [0.2, 0.25) is 0 Å². The second-order valence-corrected chi connectivity index (χ2v) is 13.5. The number of fused-ring (bicyclic) bond motifs is 5. The van der Waals surface area contributed by atoms with Gasteiger partial charge in [0.05, 0.1) is 6.10 Å². The summed E-state index contributed by atoms with van der Waals surface area (Å²) in [4.78, 5) is 35.3. The number of ketones is 1. The zero-order chi connectivity index (χ0) is 26.3. The second-order valence-electron chi connectivity index (χ2n) is 13.5. The van der Waals surface area contributed by atoms with Gasteiger partial charge in [-0.3, -0.25) is 4.79 Å². The molecule has 4 saturated carbocycles. The molecule has 0 radical (unpaired) electrons. The molecule has 4 rings (SSSR count). The average molecular weight is 504 g/mol. The Hall–Kier alpha value is -1.43. The van der Waals surface area contributed by atoms with E-state index < -0.39 is 12.0 Å². The summed E-state index contributed by atoms with van der Waals surface area (Å²) in [6, 6.07) is -0.988. The molecule has 6 nitrogen and oxygen atoms in total. The molecular formula is C30H49NO5. The van der Waals surface area contributed by atoms with Crippen LogP contribution in [0.5, 0.6) is 0 Å². The van der Waals surface area contributed by atoms with Gasteiger partial charge in [-0.15, -0.1) is 0 Å². The number of aliphatic hydroxyl groups excluding tert-OH is 1. The van der Waals surface area contributed by atoms with E-state index in [1.165, 1.54) is 51.9 Å². The van der Waals surface area contributed by atoms with Crippen LogP contribution in [0.3, 0.4) is 0 Å². The van der Waals surface area contributed by atoms with Crippen LogP contribution in [-0.4, -0.2) is 40.0 Å². The van der Waals surface area contributed by atoms with E-state index in [0.717, 1.165) is 37.0 Å². The van der Waals surface area contributed by atoms with Crippen LogP contribution < -0.4 is 5.32 Å². The summed E-state index contributed by atoms with van der Waals surface area (Å²) < 4.78 is 0. The number of hydrogen-bond acceptors (Lipinski definition) is 4. The Kier molecular flexibility index (Phi) is 8.24. The summed E-state index contributed by atoms with van der Waals surface area (Å²) in [6.45, 7) is 8.81. The zero-order valence-corrected chi connectivity index (χ0v) is 22.9. The highest BCUT2D eigenvalue weighted by molar-refractivity contribution is 5.84. The third-order valence-electron chi connectivity index (χ3n) is 11.6. The van der Waals surface area contributed by atoms with Crippen molar-refractivity contribution in [3.05, 3.63) is 0 Å². The fraction of sp³-hybridized carbons (Fsp3) is 0.900. The molecule has 6 unspecified atom stereocenters. The second kappa shape index (κ2) is 10.7. The number of aliphatic hydroxyl groups is 1. The minimum Gasteiger partial charge on any atom is -0.480 e. The summed E-state index contributed by atoms with van der Waals surface area (Å²) in [5.41, 5.74) is 0.730. The first-order chi connectivity index (χ1) is 17.0. The molecule has 10 atom stereocenters. The molecule has 0 aromatic heterocycles. The number of carboxylic acid groups (broad SMARTS) is 1. The van der Waals surface area contributed by atoms with Crippen LogP contribution in [0.4, 0.5) is 0 Å². The van der Waals surface area contributed by atoms with Gasteiger partial charge >= 0.3 is 5.97 Å². The molecule has 0 saturated heterocycles. The standard InChI is InChI=1S/C30H49NO5/c1-18(5-12-27(34)31-26(28(35)36)11-6-19(2)32)23-9-10-24-22-8-7-20-17-21(33)13-15-29(20,3)25(22)14-16-30(23,24)4/h18,20-26,33H,5-17H2,1-4H3,(H,31,34)(H,35,36)/t18?,20-,21-,22?,23?,24?,25?,26?,29+,30-/m0/s1. The number of carbonyl (C=O) groups is 3. The van der Waals surface area contributed by atoms with Gasteiger partial charge < -0.3 is 20.3 Å². The van der Waals surface area contributed by atoms with Crippen LogP contribution in [0.15, 0.2) is 0 Å². The molecule has 3 N–H and O–H groups in total. The lowest BCUT2D eigenvalue weighted by molar-refractivity contribution is -0.142. The number of nitrogens with one attached hydrogen (secondary N) is 1. The van der Waals surface area contributed by atoms with E-state index in [1.54, 1.807) is 0 Å². The van der Waals surface area contributed by atoms with Gasteiger partial charge in [-0.25, -0.2) is 4.79 Å². The van der Waals surface area contributed by atoms with Crippen molar-refractivity contribution in [2.24, 2.45) is 46.3 Å². The Morgan fingerprint density at radius 2 is 1.61 bits per heavy atom. The Balaban J connectivity index is 1.34. The molecule has 0 spiro atoms. The smallest absolute Gasteiger partial charge is 0.326 e. The van der Waals surface area contributed by atoms with Crippen molar-refractivity contribution in [1.82, 2.24) is 5.32 Å². The Morgan fingerprint density at radius 1 is 0.917 bits per heavy atom. The predicted molar refractivity (Wildman–Crippen MR) is 139 cm³/mol. The maximum atomic E-state index is 12.6. The molecule has 36 heavy (non-hydrogen) atoms. The SMILES string of the molecule is CC(=O)CCC(NC(=O)CCC(C)C1CCC2C3CC[C@H]4C[C@@H](O)CC[C@@]4(C)C3CC[C@@]12C)C(=O)O. The average Bonchev–Trinajstić information content (AvgIpc) is 3.17. The van der Waals surface area contributed by atoms with Crippen LogP contribution in [0.25, 0.3) is 0 Å². The molecule has 4 aliphatic carbocycles. The van der Waals surface area contributed by atoms with Crippen molar-refractivity contribution >= 4 is 17.7 Å². The molecule has 6 heteroatoms. The van der Waals surface area contributed by atoms with Gasteiger partial charge in [0, 0.05) is 12.8 Å². The van der Waals surface area contributed by atoms with Crippen LogP contribution in [0.1, 0.15) is 111 Å². The summed E-state index contributed by atoms with van der Waals surface area (Å²) in [6.07, 6.45) is 12.2. The van der Waals surface area contributed by atoms with Crippen molar-refractivity contribution in [1.29, 1.82) is 0 Å². The molecule has 1 amide bonds. The van der Waals surface area contributed by atoms with E-state index in [1.807, 2.05) is 0 Å². The van der Waals surface area contributed by atoms with Crippen molar-refractivity contribution in [3.63, 3.8) is 0 Å². The van der Waals surface area contributed by atoms with Gasteiger partial charge in [0.15, 0.2) is 0 Å². The van der Waals surface area contributed by atoms with Crippen LogP contribution in [-0.2, 0) is 14.4 Å². The third-order valence-corrected chi connectivity index (χ3v) is 11.6. The molecule has 0 bridgehead atoms. The van der Waals surface area contributed by atoms with E-state index in [9.17, 15) is 24.6 Å². The maximum Gasteiger partial charge on any atom is 0.326 e. The van der Waals surface area contributed by atoms with Gasteiger partial charge in [-0.2, -0.15) is 0 Å². The topological polar surface area (TPSA) is 104 Å². The van der Waals surface area contributed by atoms with Crippen LogP contribution >= 0.6 is 0 Å². The normalized spacial score (nSPS) is 41.4. The quantitative estimate of drug-likeness (QED) is 0.393. The van der Waals surface area contributed by atoms with Gasteiger partial charge in [0.2, 0.25) is 5.91 Å². The largest absolute Gasteiger partial charge is 0.480 e. The van der Waals surface area contributed by atoms with Crippen molar-refractivity contribution in [2.45, 2.75) is 123 Å². The molecule has 0 heterocycles. The summed E-state index contributed by atoms with van der Waals surface area (Å²) in [7, 11) is 0. The zero-order valence-electron chi connectivity index (χ0n) is 22.9. The van der Waals surface area contributed by atoms with E-state index >= 15 is 0 Å². The third kappa shape index (κ3) is 5.26. The predicted octanol–water partition coefficient (Wildman–Crippen LogP) is 5.36. The van der Waals surface area contributed by atoms with Crippen molar-refractivity contribution in [3.8, 4) is 0 Å². The molecule has 0 aliphatic heterocycles. The molecule has 4 aliphatic rings. The molecular weight excluding hydrogens is 454 g/mol. The number of rotatable bonds is 9. The van der Waals surface area contributed by atoms with E-state index in [2.05, 4.69) is 26.1 Å². The number of aliphatic carboxylic acids is 1. The maximum absolute atomic E-state index is 12.6. The highest BCUT2D eigenvalue weighted by atomic mass is 16.4. The molecule has 4 fully saturated rings. The van der Waals surface area contributed by atoms with Gasteiger partial charge in [-0.05, 0) is 124 Å². The highest BCUT2D eigenvalue weighted by Gasteiger charge is 2.60. The minimum atomic E-state index is -1.07. The van der Waals surface area contributed by atoms with Gasteiger partial charge in [-0.1, -0.05) is 20.8 Å². The molecule has 0 aromatic carbocycles.